The van der Waals surface area contributed by atoms with Gasteiger partial charge in [0.1, 0.15) is 17.5 Å². The second-order valence-corrected chi connectivity index (χ2v) is 4.22. The van der Waals surface area contributed by atoms with E-state index < -0.39 is 23.9 Å². The molecule has 8 heteroatoms. The van der Waals surface area contributed by atoms with Crippen molar-refractivity contribution in [3.63, 3.8) is 0 Å². The van der Waals surface area contributed by atoms with Crippen molar-refractivity contribution in [3.8, 4) is 11.5 Å². The fourth-order valence-corrected chi connectivity index (χ4v) is 1.59. The van der Waals surface area contributed by atoms with Gasteiger partial charge in [-0.25, -0.2) is 4.79 Å². The molecule has 1 rings (SSSR count). The van der Waals surface area contributed by atoms with Crippen LogP contribution >= 0.6 is 0 Å². The Morgan fingerprint density at radius 2 is 1.76 bits per heavy atom. The number of phenolic OH excluding ortho intramolecular Hbond substituents is 2. The number of carboxylic acid groups (broad SMARTS) is 1. The monoisotopic (exact) mass is 297 g/mol. The van der Waals surface area contributed by atoms with Gasteiger partial charge in [-0.2, -0.15) is 0 Å². The van der Waals surface area contributed by atoms with Crippen LogP contribution in [-0.2, 0) is 14.3 Å². The van der Waals surface area contributed by atoms with E-state index in [-0.39, 0.29) is 29.9 Å². The number of aliphatic carboxylic acids is 1. The minimum Gasteiger partial charge on any atom is -0.508 e. The van der Waals surface area contributed by atoms with Crippen molar-refractivity contribution in [1.29, 1.82) is 0 Å². The maximum absolute atomic E-state index is 11.9. The number of nitrogens with one attached hydrogen (secondary N) is 1. The van der Waals surface area contributed by atoms with Gasteiger partial charge in [-0.15, -0.1) is 0 Å². The summed E-state index contributed by atoms with van der Waals surface area (Å²) in [5.74, 6) is -3.36. The van der Waals surface area contributed by atoms with Gasteiger partial charge in [0, 0.05) is 18.1 Å². The average molecular weight is 297 g/mol. The lowest BCUT2D eigenvalue weighted by atomic mass is 10.1. The summed E-state index contributed by atoms with van der Waals surface area (Å²) in [7, 11) is 1.17. The van der Waals surface area contributed by atoms with Crippen LogP contribution in [0, 0.1) is 0 Å². The lowest BCUT2D eigenvalue weighted by Gasteiger charge is -2.14. The molecule has 1 atom stereocenters. The molecule has 0 saturated carbocycles. The van der Waals surface area contributed by atoms with Crippen molar-refractivity contribution in [2.24, 2.45) is 0 Å². The van der Waals surface area contributed by atoms with E-state index in [1.54, 1.807) is 0 Å². The SMILES string of the molecule is COC(=O)CC[C@@H](NC(=O)c1cc(O)cc(O)c1)C(=O)O. The first kappa shape index (κ1) is 16.3. The third-order valence-electron chi connectivity index (χ3n) is 2.63. The smallest absolute Gasteiger partial charge is 0.326 e. The van der Waals surface area contributed by atoms with Crippen molar-refractivity contribution in [2.75, 3.05) is 7.11 Å². The van der Waals surface area contributed by atoms with Crippen LogP contribution in [0.25, 0.3) is 0 Å². The number of hydrogen-bond acceptors (Lipinski definition) is 6. The number of amides is 1. The number of carboxylic acids is 1. The fourth-order valence-electron chi connectivity index (χ4n) is 1.59. The van der Waals surface area contributed by atoms with Gasteiger partial charge in [0.05, 0.1) is 7.11 Å². The van der Waals surface area contributed by atoms with Crippen molar-refractivity contribution >= 4 is 17.8 Å². The number of esters is 1. The molecule has 1 aromatic rings. The molecule has 0 aliphatic rings. The fraction of sp³-hybridized carbons (Fsp3) is 0.308. The summed E-state index contributed by atoms with van der Waals surface area (Å²) in [6.45, 7) is 0. The van der Waals surface area contributed by atoms with E-state index in [0.717, 1.165) is 18.2 Å². The maximum Gasteiger partial charge on any atom is 0.326 e. The standard InChI is InChI=1S/C13H15NO7/c1-21-11(17)3-2-10(13(19)20)14-12(18)7-4-8(15)6-9(16)5-7/h4-6,10,15-16H,2-3H2,1H3,(H,14,18)(H,19,20)/t10-/m1/s1. The number of carbonyl (C=O) groups excluding carboxylic acids is 2. The first-order chi connectivity index (χ1) is 9.83. The number of hydrogen-bond donors (Lipinski definition) is 4. The molecule has 0 fully saturated rings. The molecule has 0 bridgehead atoms. The molecule has 114 valence electrons. The Morgan fingerprint density at radius 1 is 1.19 bits per heavy atom. The number of rotatable bonds is 6. The van der Waals surface area contributed by atoms with Crippen LogP contribution in [0.2, 0.25) is 0 Å². The molecule has 4 N–H and O–H groups in total. The minimum atomic E-state index is -1.31. The molecular weight excluding hydrogens is 282 g/mol. The molecule has 0 aliphatic carbocycles. The molecule has 0 unspecified atom stereocenters. The predicted octanol–water partition coefficient (Wildman–Crippen LogP) is 0.234. The lowest BCUT2D eigenvalue weighted by Crippen LogP contribution is -2.41. The third kappa shape index (κ3) is 5.01. The van der Waals surface area contributed by atoms with Crippen LogP contribution in [0.5, 0.6) is 11.5 Å². The second-order valence-electron chi connectivity index (χ2n) is 4.22. The molecule has 1 amide bonds. The molecule has 0 saturated heterocycles. The minimum absolute atomic E-state index is 0.100. The molecule has 0 spiro atoms. The van der Waals surface area contributed by atoms with Gasteiger partial charge < -0.3 is 25.4 Å². The van der Waals surface area contributed by atoms with Crippen LogP contribution in [0.1, 0.15) is 23.2 Å². The van der Waals surface area contributed by atoms with Gasteiger partial charge in [-0.1, -0.05) is 0 Å². The van der Waals surface area contributed by atoms with E-state index in [4.69, 9.17) is 5.11 Å². The zero-order chi connectivity index (χ0) is 16.0. The molecule has 0 radical (unpaired) electrons. The molecule has 0 aromatic heterocycles. The molecule has 0 heterocycles. The molecule has 8 nitrogen and oxygen atoms in total. The normalized spacial score (nSPS) is 11.5. The van der Waals surface area contributed by atoms with Crippen LogP contribution in [0.4, 0.5) is 0 Å². The Bertz CT molecular complexity index is 535. The van der Waals surface area contributed by atoms with Gasteiger partial charge in [-0.05, 0) is 18.6 Å². The lowest BCUT2D eigenvalue weighted by molar-refractivity contribution is -0.142. The summed E-state index contributed by atoms with van der Waals surface area (Å²) >= 11 is 0. The summed E-state index contributed by atoms with van der Waals surface area (Å²) < 4.78 is 4.39. The summed E-state index contributed by atoms with van der Waals surface area (Å²) in [5.41, 5.74) is -0.100. The van der Waals surface area contributed by atoms with Crippen molar-refractivity contribution in [2.45, 2.75) is 18.9 Å². The Hall–Kier alpha value is -2.77. The van der Waals surface area contributed by atoms with Gasteiger partial charge in [0.25, 0.3) is 5.91 Å². The highest BCUT2D eigenvalue weighted by atomic mass is 16.5. The van der Waals surface area contributed by atoms with E-state index >= 15 is 0 Å². The Labute approximate surface area is 120 Å². The van der Waals surface area contributed by atoms with Crippen molar-refractivity contribution < 1.29 is 34.4 Å². The maximum atomic E-state index is 11.9. The first-order valence-corrected chi connectivity index (χ1v) is 5.97. The van der Waals surface area contributed by atoms with E-state index in [9.17, 15) is 24.6 Å². The number of aromatic hydroxyl groups is 2. The Kier molecular flexibility index (Phi) is 5.53. The van der Waals surface area contributed by atoms with Gasteiger partial charge >= 0.3 is 11.9 Å². The molecular formula is C13H15NO7. The molecule has 1 aromatic carbocycles. The highest BCUT2D eigenvalue weighted by Crippen LogP contribution is 2.20. The highest BCUT2D eigenvalue weighted by molar-refractivity contribution is 5.97. The Balaban J connectivity index is 2.76. The topological polar surface area (TPSA) is 133 Å². The molecule has 0 aliphatic heterocycles. The van der Waals surface area contributed by atoms with Crippen LogP contribution < -0.4 is 5.32 Å². The number of carbonyl (C=O) groups is 3. The zero-order valence-electron chi connectivity index (χ0n) is 11.2. The average Bonchev–Trinajstić information content (AvgIpc) is 2.41. The summed E-state index contributed by atoms with van der Waals surface area (Å²) in [4.78, 5) is 33.9. The highest BCUT2D eigenvalue weighted by Gasteiger charge is 2.22. The zero-order valence-corrected chi connectivity index (χ0v) is 11.2. The largest absolute Gasteiger partial charge is 0.508 e. The van der Waals surface area contributed by atoms with Gasteiger partial charge in [0.2, 0.25) is 0 Å². The number of methoxy groups -OCH3 is 1. The summed E-state index contributed by atoms with van der Waals surface area (Å²) in [6.07, 6.45) is -0.308. The van der Waals surface area contributed by atoms with Crippen LogP contribution in [-0.4, -0.2) is 46.3 Å². The van der Waals surface area contributed by atoms with Crippen molar-refractivity contribution in [3.05, 3.63) is 23.8 Å². The number of phenols is 2. The van der Waals surface area contributed by atoms with E-state index in [1.165, 1.54) is 7.11 Å². The predicted molar refractivity (Wildman–Crippen MR) is 69.9 cm³/mol. The van der Waals surface area contributed by atoms with Gasteiger partial charge in [0.15, 0.2) is 0 Å². The number of ether oxygens (including phenoxy) is 1. The quantitative estimate of drug-likeness (QED) is 0.552. The van der Waals surface area contributed by atoms with Crippen LogP contribution in [0.3, 0.4) is 0 Å². The third-order valence-corrected chi connectivity index (χ3v) is 2.63. The summed E-state index contributed by atoms with van der Waals surface area (Å²) in [6, 6.07) is 1.90. The second kappa shape index (κ2) is 7.13. The van der Waals surface area contributed by atoms with Crippen LogP contribution in [0.15, 0.2) is 18.2 Å². The van der Waals surface area contributed by atoms with Crippen molar-refractivity contribution in [1.82, 2.24) is 5.32 Å². The van der Waals surface area contributed by atoms with E-state index in [0.29, 0.717) is 0 Å². The Morgan fingerprint density at radius 3 is 2.24 bits per heavy atom. The number of benzene rings is 1. The van der Waals surface area contributed by atoms with E-state index in [2.05, 4.69) is 10.1 Å². The molecule has 21 heavy (non-hydrogen) atoms. The van der Waals surface area contributed by atoms with E-state index in [1.807, 2.05) is 0 Å². The van der Waals surface area contributed by atoms with Gasteiger partial charge in [-0.3, -0.25) is 9.59 Å². The first-order valence-electron chi connectivity index (χ1n) is 5.97. The summed E-state index contributed by atoms with van der Waals surface area (Å²) in [5, 5.41) is 29.7.